The van der Waals surface area contributed by atoms with Gasteiger partial charge in [0.15, 0.2) is 5.76 Å². The van der Waals surface area contributed by atoms with Gasteiger partial charge < -0.3 is 10.3 Å². The molecule has 0 fully saturated rings. The largest absolute Gasteiger partial charge is 0.399 e. The predicted octanol–water partition coefficient (Wildman–Crippen LogP) is 1.89. The summed E-state index contributed by atoms with van der Waals surface area (Å²) in [4.78, 5) is 0.208. The average Bonchev–Trinajstić information content (AvgIpc) is 2.97. The van der Waals surface area contributed by atoms with Gasteiger partial charge in [-0.05, 0) is 23.6 Å². The third-order valence-corrected chi connectivity index (χ3v) is 4.54. The number of hydrogen-bond donors (Lipinski definition) is 2. The molecule has 0 spiro atoms. The van der Waals surface area contributed by atoms with E-state index < -0.39 is 10.0 Å². The zero-order valence-electron chi connectivity index (χ0n) is 11.0. The Balaban J connectivity index is 1.98. The van der Waals surface area contributed by atoms with Crippen LogP contribution in [0.5, 0.6) is 0 Å². The maximum atomic E-state index is 12.4. The second-order valence-corrected chi connectivity index (χ2v) is 6.28. The van der Waals surface area contributed by atoms with E-state index >= 15 is 0 Å². The van der Waals surface area contributed by atoms with E-state index in [0.717, 1.165) is 5.39 Å². The van der Waals surface area contributed by atoms with E-state index in [0.29, 0.717) is 16.8 Å². The van der Waals surface area contributed by atoms with E-state index in [-0.39, 0.29) is 11.4 Å². The first-order valence-corrected chi connectivity index (χ1v) is 7.72. The van der Waals surface area contributed by atoms with Gasteiger partial charge in [0.2, 0.25) is 10.0 Å². The number of nitrogens with zero attached hydrogens (tertiary/aromatic N) is 1. The molecular formula is C14H13N3O3S. The van der Waals surface area contributed by atoms with Gasteiger partial charge in [0.1, 0.15) is 0 Å². The zero-order valence-corrected chi connectivity index (χ0v) is 11.8. The number of nitrogen functional groups attached to an aromatic ring is 1. The van der Waals surface area contributed by atoms with Crippen LogP contribution in [0.3, 0.4) is 0 Å². The summed E-state index contributed by atoms with van der Waals surface area (Å²) in [5.74, 6) is 0.447. The molecule has 6 nitrogen and oxygen atoms in total. The number of rotatable bonds is 4. The first-order valence-electron chi connectivity index (χ1n) is 6.24. The van der Waals surface area contributed by atoms with Gasteiger partial charge in [-0.2, -0.15) is 0 Å². The monoisotopic (exact) mass is 303 g/mol. The van der Waals surface area contributed by atoms with Crippen molar-refractivity contribution >= 4 is 26.5 Å². The fourth-order valence-electron chi connectivity index (χ4n) is 2.08. The lowest BCUT2D eigenvalue weighted by atomic mass is 10.1. The molecule has 108 valence electrons. The normalized spacial score (nSPS) is 11.8. The van der Waals surface area contributed by atoms with Crippen molar-refractivity contribution in [3.63, 3.8) is 0 Å². The molecule has 0 aliphatic carbocycles. The van der Waals surface area contributed by atoms with Crippen LogP contribution in [0, 0.1) is 0 Å². The minimum atomic E-state index is -3.65. The van der Waals surface area contributed by atoms with Crippen molar-refractivity contribution in [2.75, 3.05) is 5.73 Å². The molecule has 1 aromatic heterocycles. The predicted molar refractivity (Wildman–Crippen MR) is 78.9 cm³/mol. The molecule has 0 atom stereocenters. The number of hydrogen-bond acceptors (Lipinski definition) is 5. The Hall–Kier alpha value is -2.38. The molecule has 0 saturated heterocycles. The van der Waals surface area contributed by atoms with Crippen LogP contribution in [-0.4, -0.2) is 13.6 Å². The highest BCUT2D eigenvalue weighted by molar-refractivity contribution is 7.89. The lowest BCUT2D eigenvalue weighted by molar-refractivity contribution is 0.380. The highest BCUT2D eigenvalue weighted by Crippen LogP contribution is 2.24. The maximum Gasteiger partial charge on any atom is 0.241 e. The fraction of sp³-hybridized carbons (Fsp3) is 0.0714. The molecule has 2 aromatic carbocycles. The molecule has 3 aromatic rings. The minimum absolute atomic E-state index is 0.0493. The zero-order chi connectivity index (χ0) is 14.9. The van der Waals surface area contributed by atoms with Crippen LogP contribution in [0.1, 0.15) is 5.76 Å². The molecule has 0 saturated carbocycles. The van der Waals surface area contributed by atoms with Gasteiger partial charge >= 0.3 is 0 Å². The molecule has 7 heteroatoms. The van der Waals surface area contributed by atoms with Crippen LogP contribution in [-0.2, 0) is 16.6 Å². The molecule has 0 aliphatic heterocycles. The van der Waals surface area contributed by atoms with Crippen LogP contribution in [0.4, 0.5) is 5.69 Å². The molecule has 1 heterocycles. The summed E-state index contributed by atoms with van der Waals surface area (Å²) < 4.78 is 32.2. The Labute approximate surface area is 121 Å². The van der Waals surface area contributed by atoms with Gasteiger partial charge in [-0.3, -0.25) is 0 Å². The lowest BCUT2D eigenvalue weighted by Crippen LogP contribution is -2.23. The van der Waals surface area contributed by atoms with Crippen LogP contribution >= 0.6 is 0 Å². The highest BCUT2D eigenvalue weighted by Gasteiger charge is 2.17. The summed E-state index contributed by atoms with van der Waals surface area (Å²) in [7, 11) is -3.65. The highest BCUT2D eigenvalue weighted by atomic mass is 32.2. The minimum Gasteiger partial charge on any atom is -0.399 e. The Bertz CT molecular complexity index is 874. The summed E-state index contributed by atoms with van der Waals surface area (Å²) in [5, 5.41) is 4.93. The molecular weight excluding hydrogens is 290 g/mol. The summed E-state index contributed by atoms with van der Waals surface area (Å²) >= 11 is 0. The van der Waals surface area contributed by atoms with Crippen molar-refractivity contribution < 1.29 is 12.9 Å². The first kappa shape index (κ1) is 13.6. The number of benzene rings is 2. The standard InChI is InChI=1S/C14H13N3O3S/c15-11-4-5-13-10(8-11)2-1-3-14(13)21(18,19)17-9-12-6-7-16-20-12/h1-8,17H,9,15H2. The van der Waals surface area contributed by atoms with E-state index in [1.165, 1.54) is 6.20 Å². The molecule has 0 unspecified atom stereocenters. The number of nitrogens with one attached hydrogen (secondary N) is 1. The number of aromatic nitrogens is 1. The van der Waals surface area contributed by atoms with E-state index in [1.54, 1.807) is 36.4 Å². The van der Waals surface area contributed by atoms with Gasteiger partial charge in [-0.25, -0.2) is 13.1 Å². The smallest absolute Gasteiger partial charge is 0.241 e. The summed E-state index contributed by atoms with van der Waals surface area (Å²) in [5.41, 5.74) is 6.31. The molecule has 0 aliphatic rings. The van der Waals surface area contributed by atoms with E-state index in [4.69, 9.17) is 10.3 Å². The maximum absolute atomic E-state index is 12.4. The van der Waals surface area contributed by atoms with Crippen LogP contribution < -0.4 is 10.5 Å². The molecule has 21 heavy (non-hydrogen) atoms. The summed E-state index contributed by atoms with van der Waals surface area (Å²) in [6.45, 7) is 0.0493. The quantitative estimate of drug-likeness (QED) is 0.717. The van der Waals surface area contributed by atoms with Gasteiger partial charge in [-0.15, -0.1) is 0 Å². The Morgan fingerprint density at radius 2 is 2.05 bits per heavy atom. The van der Waals surface area contributed by atoms with Crippen molar-refractivity contribution in [1.29, 1.82) is 0 Å². The second kappa shape index (κ2) is 5.19. The third-order valence-electron chi connectivity index (χ3n) is 3.08. The van der Waals surface area contributed by atoms with Gasteiger partial charge in [0.25, 0.3) is 0 Å². The van der Waals surface area contributed by atoms with E-state index in [1.807, 2.05) is 6.07 Å². The SMILES string of the molecule is Nc1ccc2c(S(=O)(=O)NCc3ccno3)cccc2c1. The van der Waals surface area contributed by atoms with Crippen LogP contribution in [0.15, 0.2) is 58.1 Å². The second-order valence-electron chi connectivity index (χ2n) is 4.54. The number of anilines is 1. The summed E-state index contributed by atoms with van der Waals surface area (Å²) in [6, 6.07) is 11.8. The van der Waals surface area contributed by atoms with Crippen molar-refractivity contribution in [2.24, 2.45) is 0 Å². The van der Waals surface area contributed by atoms with Crippen LogP contribution in [0.2, 0.25) is 0 Å². The Morgan fingerprint density at radius 3 is 2.81 bits per heavy atom. The molecule has 3 rings (SSSR count). The van der Waals surface area contributed by atoms with Crippen molar-refractivity contribution in [1.82, 2.24) is 9.88 Å². The van der Waals surface area contributed by atoms with Crippen molar-refractivity contribution in [2.45, 2.75) is 11.4 Å². The van der Waals surface area contributed by atoms with Gasteiger partial charge in [0, 0.05) is 17.1 Å². The van der Waals surface area contributed by atoms with E-state index in [9.17, 15) is 8.42 Å². The first-order chi connectivity index (χ1) is 10.1. The fourth-order valence-corrected chi connectivity index (χ4v) is 3.30. The van der Waals surface area contributed by atoms with Gasteiger partial charge in [-0.1, -0.05) is 23.4 Å². The molecule has 0 radical (unpaired) electrons. The van der Waals surface area contributed by atoms with E-state index in [2.05, 4.69) is 9.88 Å². The lowest BCUT2D eigenvalue weighted by Gasteiger charge is -2.09. The van der Waals surface area contributed by atoms with Gasteiger partial charge in [0.05, 0.1) is 17.6 Å². The average molecular weight is 303 g/mol. The van der Waals surface area contributed by atoms with Crippen molar-refractivity contribution in [3.8, 4) is 0 Å². The van der Waals surface area contributed by atoms with Crippen molar-refractivity contribution in [3.05, 3.63) is 54.4 Å². The third kappa shape index (κ3) is 2.74. The molecule has 0 amide bonds. The topological polar surface area (TPSA) is 98.2 Å². The Morgan fingerprint density at radius 1 is 1.19 bits per heavy atom. The number of nitrogens with two attached hydrogens (primary N) is 1. The van der Waals surface area contributed by atoms with Crippen LogP contribution in [0.25, 0.3) is 10.8 Å². The number of fused-ring (bicyclic) bond motifs is 1. The summed E-state index contributed by atoms with van der Waals surface area (Å²) in [6.07, 6.45) is 1.46. The Kier molecular flexibility index (Phi) is 3.36. The number of sulfonamides is 1. The molecule has 0 bridgehead atoms. The molecule has 3 N–H and O–H groups in total.